The minimum Gasteiger partial charge on any atom is -0.345 e. The first-order chi connectivity index (χ1) is 28.0. The van der Waals surface area contributed by atoms with Crippen LogP contribution in [0, 0.1) is 0 Å². The number of piperazine rings is 2. The van der Waals surface area contributed by atoms with Gasteiger partial charge in [0.05, 0.1) is 27.7 Å². The van der Waals surface area contributed by atoms with Crippen LogP contribution in [0.5, 0.6) is 0 Å². The number of carbonyl (C=O) groups is 2. The SMILES string of the molecule is O=C(NO)c1cnc(N2CCN(S(=O)(=O)c3ccc(-c4cccc(Cl)c4)cc3)CC2)s1.O=C(NO)c1cnc(N2CCN(S(=O)(=O)c3ccccc3C(F)(F)F)CC2)s1. The molecule has 2 amide bonds. The van der Waals surface area contributed by atoms with Crippen molar-refractivity contribution in [2.24, 2.45) is 0 Å². The van der Waals surface area contributed by atoms with Gasteiger partial charge in [-0.3, -0.25) is 20.0 Å². The standard InChI is InChI=1S/C20H19ClN4O4S2.C15H15F3N4O4S2/c21-16-3-1-2-15(12-16)14-4-6-17(7-5-14)31(28,29)25-10-8-24(9-11-25)20-22-13-18(30-20)19(26)23-27;16-15(17,18)10-3-1-2-4-12(10)28(25,26)22-7-5-21(6-8-22)14-19-9-11(27-14)13(23)20-24/h1-7,12-13,27H,8-11H2,(H,23,26);1-4,9,24H,5-8H2,(H,20,23). The number of nitrogens with one attached hydrogen (secondary N) is 2. The molecule has 2 saturated heterocycles. The lowest BCUT2D eigenvalue weighted by Gasteiger charge is -2.34. The number of carbonyl (C=O) groups excluding carboxylic acids is 2. The number of hydrogen-bond acceptors (Lipinski definition) is 14. The van der Waals surface area contributed by atoms with Crippen molar-refractivity contribution in [1.29, 1.82) is 0 Å². The largest absolute Gasteiger partial charge is 0.417 e. The summed E-state index contributed by atoms with van der Waals surface area (Å²) < 4.78 is 93.6. The highest BCUT2D eigenvalue weighted by Crippen LogP contribution is 2.36. The Kier molecular flexibility index (Phi) is 13.6. The average molecular weight is 915 g/mol. The summed E-state index contributed by atoms with van der Waals surface area (Å²) in [7, 11) is -7.94. The Morgan fingerprint density at radius 3 is 1.63 bits per heavy atom. The molecule has 0 spiro atoms. The Morgan fingerprint density at radius 1 is 0.661 bits per heavy atom. The maximum atomic E-state index is 13.2. The summed E-state index contributed by atoms with van der Waals surface area (Å²) >= 11 is 8.19. The Morgan fingerprint density at radius 2 is 1.15 bits per heavy atom. The fraction of sp³-hybridized carbons (Fsp3) is 0.257. The molecule has 314 valence electrons. The highest BCUT2D eigenvalue weighted by Gasteiger charge is 2.40. The zero-order valence-electron chi connectivity index (χ0n) is 30.4. The highest BCUT2D eigenvalue weighted by molar-refractivity contribution is 7.89. The van der Waals surface area contributed by atoms with Gasteiger partial charge >= 0.3 is 6.18 Å². The number of amides is 2. The number of rotatable bonds is 9. The molecule has 0 unspecified atom stereocenters. The number of aromatic nitrogens is 2. The van der Waals surface area contributed by atoms with E-state index in [1.54, 1.807) is 40.7 Å². The predicted molar refractivity (Wildman–Crippen MR) is 213 cm³/mol. The van der Waals surface area contributed by atoms with Crippen molar-refractivity contribution in [2.75, 3.05) is 62.2 Å². The monoisotopic (exact) mass is 914 g/mol. The van der Waals surface area contributed by atoms with E-state index < -0.39 is 48.5 Å². The summed E-state index contributed by atoms with van der Waals surface area (Å²) in [5.41, 5.74) is 3.68. The van der Waals surface area contributed by atoms with E-state index >= 15 is 0 Å². The number of nitrogens with zero attached hydrogens (tertiary/aromatic N) is 6. The van der Waals surface area contributed by atoms with E-state index in [0.29, 0.717) is 41.5 Å². The van der Waals surface area contributed by atoms with E-state index in [1.165, 1.54) is 28.2 Å². The maximum absolute atomic E-state index is 13.2. The number of thiazole rings is 2. The van der Waals surface area contributed by atoms with E-state index in [4.69, 9.17) is 22.0 Å². The molecule has 24 heteroatoms. The van der Waals surface area contributed by atoms with Gasteiger partial charge in [-0.15, -0.1) is 0 Å². The Labute approximate surface area is 349 Å². The second-order valence-corrected chi connectivity index (χ2v) is 19.0. The second-order valence-electron chi connectivity index (χ2n) is 12.7. The van der Waals surface area contributed by atoms with Gasteiger partial charge in [-0.25, -0.2) is 37.8 Å². The van der Waals surface area contributed by atoms with Crippen molar-refractivity contribution >= 4 is 76.4 Å². The highest BCUT2D eigenvalue weighted by atomic mass is 35.5. The van der Waals surface area contributed by atoms with Crippen LogP contribution in [0.2, 0.25) is 5.02 Å². The Bertz CT molecular complexity index is 2510. The van der Waals surface area contributed by atoms with Gasteiger partial charge in [0.2, 0.25) is 20.0 Å². The quantitative estimate of drug-likeness (QED) is 0.115. The van der Waals surface area contributed by atoms with E-state index in [-0.39, 0.29) is 40.8 Å². The maximum Gasteiger partial charge on any atom is 0.417 e. The summed E-state index contributed by atoms with van der Waals surface area (Å²) in [6, 6.07) is 18.2. The zero-order chi connectivity index (χ0) is 42.5. The Hall–Kier alpha value is -4.72. The van der Waals surface area contributed by atoms with Gasteiger partial charge in [0.15, 0.2) is 10.3 Å². The van der Waals surface area contributed by atoms with Crippen LogP contribution in [0.25, 0.3) is 11.1 Å². The molecule has 0 bridgehead atoms. The lowest BCUT2D eigenvalue weighted by atomic mass is 10.1. The first-order valence-corrected chi connectivity index (χ1v) is 22.2. The molecule has 3 aromatic carbocycles. The van der Waals surface area contributed by atoms with E-state index in [2.05, 4.69) is 9.97 Å². The number of hydrogen-bond donors (Lipinski definition) is 4. The molecule has 2 aromatic heterocycles. The van der Waals surface area contributed by atoms with Crippen molar-refractivity contribution in [2.45, 2.75) is 16.0 Å². The molecule has 0 radical (unpaired) electrons. The fourth-order valence-electron chi connectivity index (χ4n) is 6.08. The normalized spacial score (nSPS) is 15.6. The van der Waals surface area contributed by atoms with Crippen LogP contribution in [0.15, 0.2) is 95.0 Å². The van der Waals surface area contributed by atoms with Crippen LogP contribution in [0.1, 0.15) is 24.9 Å². The van der Waals surface area contributed by atoms with E-state index in [0.717, 1.165) is 56.3 Å². The molecule has 5 aromatic rings. The molecule has 7 rings (SSSR count). The topological polar surface area (TPSA) is 206 Å². The third kappa shape index (κ3) is 10.0. The van der Waals surface area contributed by atoms with Crippen LogP contribution in [0.3, 0.4) is 0 Å². The summed E-state index contributed by atoms with van der Waals surface area (Å²) in [6.07, 6.45) is -2.12. The molecule has 2 aliphatic heterocycles. The Balaban J connectivity index is 0.000000199. The third-order valence-corrected chi connectivity index (χ3v) is 15.3. The van der Waals surface area contributed by atoms with Crippen molar-refractivity contribution in [3.63, 3.8) is 0 Å². The molecule has 4 heterocycles. The van der Waals surface area contributed by atoms with Crippen LogP contribution in [-0.4, -0.2) is 110 Å². The number of anilines is 2. The summed E-state index contributed by atoms with van der Waals surface area (Å²) in [4.78, 5) is 34.7. The van der Waals surface area contributed by atoms with Crippen LogP contribution in [-0.2, 0) is 26.2 Å². The first kappa shape index (κ1) is 43.8. The lowest BCUT2D eigenvalue weighted by molar-refractivity contribution is -0.139. The van der Waals surface area contributed by atoms with Gasteiger partial charge in [-0.2, -0.15) is 21.8 Å². The minimum absolute atomic E-state index is 0.0321. The number of alkyl halides is 3. The number of sulfonamides is 2. The predicted octanol–water partition coefficient (Wildman–Crippen LogP) is 4.89. The van der Waals surface area contributed by atoms with Crippen molar-refractivity contribution in [3.05, 3.63) is 106 Å². The third-order valence-electron chi connectivity index (χ3n) is 9.12. The lowest BCUT2D eigenvalue weighted by Crippen LogP contribution is -2.48. The number of hydroxylamine groups is 2. The minimum atomic E-state index is -4.78. The van der Waals surface area contributed by atoms with Gasteiger partial charge < -0.3 is 9.80 Å². The average Bonchev–Trinajstić information content (AvgIpc) is 3.95. The van der Waals surface area contributed by atoms with Crippen LogP contribution < -0.4 is 20.8 Å². The van der Waals surface area contributed by atoms with Gasteiger partial charge in [0.25, 0.3) is 11.8 Å². The van der Waals surface area contributed by atoms with Crippen molar-refractivity contribution in [3.8, 4) is 11.1 Å². The van der Waals surface area contributed by atoms with Crippen LogP contribution in [0.4, 0.5) is 23.4 Å². The fourth-order valence-corrected chi connectivity index (χ4v) is 11.0. The number of halogens is 4. The van der Waals surface area contributed by atoms with Crippen molar-refractivity contribution in [1.82, 2.24) is 29.5 Å². The van der Waals surface area contributed by atoms with E-state index in [9.17, 15) is 39.6 Å². The zero-order valence-corrected chi connectivity index (χ0v) is 34.4. The number of benzene rings is 3. The molecular weight excluding hydrogens is 881 g/mol. The van der Waals surface area contributed by atoms with Crippen LogP contribution >= 0.6 is 34.3 Å². The summed E-state index contributed by atoms with van der Waals surface area (Å²) in [6.45, 7) is 1.84. The smallest absolute Gasteiger partial charge is 0.345 e. The molecule has 59 heavy (non-hydrogen) atoms. The summed E-state index contributed by atoms with van der Waals surface area (Å²) in [5.74, 6) is -1.33. The second kappa shape index (κ2) is 18.3. The van der Waals surface area contributed by atoms with Gasteiger partial charge in [-0.1, -0.05) is 70.7 Å². The molecule has 2 aliphatic rings. The molecule has 0 aliphatic carbocycles. The van der Waals surface area contributed by atoms with Gasteiger partial charge in [0.1, 0.15) is 9.75 Å². The first-order valence-electron chi connectivity index (χ1n) is 17.4. The molecule has 16 nitrogen and oxygen atoms in total. The van der Waals surface area contributed by atoms with Gasteiger partial charge in [-0.05, 0) is 47.5 Å². The van der Waals surface area contributed by atoms with Gasteiger partial charge in [0, 0.05) is 57.4 Å². The molecule has 4 N–H and O–H groups in total. The molecule has 2 fully saturated rings. The van der Waals surface area contributed by atoms with Crippen molar-refractivity contribution < 1.29 is 50.0 Å². The molecule has 0 saturated carbocycles. The summed E-state index contributed by atoms with van der Waals surface area (Å²) in [5, 5.41) is 19.0. The van der Waals surface area contributed by atoms with E-state index in [1.807, 2.05) is 23.1 Å². The molecule has 0 atom stereocenters. The molecular formula is C35H34ClF3N8O8S4.